The van der Waals surface area contributed by atoms with E-state index in [-0.39, 0.29) is 9.80 Å². The molecule has 0 bridgehead atoms. The van der Waals surface area contributed by atoms with Crippen molar-refractivity contribution in [1.29, 1.82) is 0 Å². The van der Waals surface area contributed by atoms with E-state index in [4.69, 9.17) is 0 Å². The Hall–Kier alpha value is -7.66. The van der Waals surface area contributed by atoms with Crippen molar-refractivity contribution in [2.24, 2.45) is 5.92 Å². The van der Waals surface area contributed by atoms with Gasteiger partial charge in [-0.25, -0.2) is 35.1 Å². The third-order valence-corrected chi connectivity index (χ3v) is 16.9. The molecular formula is C49H24F64N8O4. The zero-order valence-electron chi connectivity index (χ0n) is 56.2. The van der Waals surface area contributed by atoms with E-state index >= 15 is 35.1 Å². The zero-order chi connectivity index (χ0) is 99.5. The molecule has 0 aromatic carbocycles. The third-order valence-electron chi connectivity index (χ3n) is 16.9. The molecule has 0 saturated carbocycles. The molecule has 2 fully saturated rings. The van der Waals surface area contributed by atoms with Crippen molar-refractivity contribution < 1.29 is 300 Å². The van der Waals surface area contributed by atoms with Gasteiger partial charge >= 0.3 is 216 Å². The first-order valence-electron chi connectivity index (χ1n) is 29.8. The molecule has 0 radical (unpaired) electrons. The lowest BCUT2D eigenvalue weighted by molar-refractivity contribution is -0.447. The highest BCUT2D eigenvalue weighted by Gasteiger charge is 2.99. The van der Waals surface area contributed by atoms with Crippen molar-refractivity contribution in [3.05, 3.63) is 0 Å². The number of anilines is 2. The van der Waals surface area contributed by atoms with Gasteiger partial charge in [0.15, 0.2) is 26.4 Å². The third kappa shape index (κ3) is 15.8. The molecule has 0 N–H and O–H groups in total. The van der Waals surface area contributed by atoms with Crippen LogP contribution in [0.5, 0.6) is 24.0 Å². The number of hydrogen-bond acceptors (Lipinski definition) is 12. The average molecular weight is 2000 g/mol. The maximum atomic E-state index is 15.1. The lowest BCUT2D eigenvalue weighted by atomic mass is 9.89. The predicted octanol–water partition coefficient (Wildman–Crippen LogP) is 20.5. The second-order valence-electron chi connectivity index (χ2n) is 25.1. The summed E-state index contributed by atoms with van der Waals surface area (Å²) < 4.78 is 919. The first kappa shape index (κ1) is 110. The zero-order valence-corrected chi connectivity index (χ0v) is 56.2. The average Bonchev–Trinajstić information content (AvgIpc) is 1.19. The molecule has 2 atom stereocenters. The molecule has 2 aliphatic rings. The summed E-state index contributed by atoms with van der Waals surface area (Å²) in [5.74, 6) is -253. The fraction of sp³-hybridized carbons (Fsp3) is 0.878. The standard InChI is InChI=1S/C49H24F64N8O4/c50-12(51)26(66,67)34(82,83)42(98,99)46(106,107)38(90,91)30(74,75)22(58,59)6-122-18-114-16(115-19(118-18)123-7-23(60,61)31(76,77)39(92,93)47(108,109)43(100,101)35(84,85)27(68,69)13(52)53)120-4-10-2-1-3-121(11(10)5-120)17-116-20(124-8-24(62,63)32(78,79)40(94,95)48(110,111)44(102,103)36(86,87)28(70,71)14(54)55)119-21(117-17)125-9-25(64,65)33(80,81)41(96,97)49(112,113)45(104,105)37(88,89)29(72,73)15(56)57/h10-15H,1-9H2. The van der Waals surface area contributed by atoms with Crippen LogP contribution in [0.3, 0.4) is 0 Å². The molecule has 0 spiro atoms. The Balaban J connectivity index is 2.05. The van der Waals surface area contributed by atoms with Crippen molar-refractivity contribution in [3.8, 4) is 24.0 Å². The molecule has 125 heavy (non-hydrogen) atoms. The molecule has 0 amide bonds. The number of ether oxygens (including phenoxy) is 4. The molecule has 4 heterocycles. The minimum atomic E-state index is -9.35. The fourth-order valence-corrected chi connectivity index (χ4v) is 9.43. The maximum absolute atomic E-state index is 15.1. The van der Waals surface area contributed by atoms with Crippen molar-refractivity contribution in [2.75, 3.05) is 55.9 Å². The largest absolute Gasteiger partial charge is 0.457 e. The monoisotopic (exact) mass is 2000 g/mol. The second kappa shape index (κ2) is 31.6. The number of alkyl halides is 64. The van der Waals surface area contributed by atoms with Crippen LogP contribution in [0.25, 0.3) is 0 Å². The molecule has 76 heteroatoms. The van der Waals surface area contributed by atoms with E-state index in [1.807, 2.05) is 0 Å². The first-order chi connectivity index (χ1) is 54.5. The van der Waals surface area contributed by atoms with Crippen LogP contribution in [0.2, 0.25) is 0 Å². The van der Waals surface area contributed by atoms with E-state index in [9.17, 15) is 246 Å². The molecule has 732 valence electrons. The van der Waals surface area contributed by atoms with Gasteiger partial charge in [0.05, 0.1) is 6.04 Å². The number of aromatic nitrogens is 6. The summed E-state index contributed by atoms with van der Waals surface area (Å²) >= 11 is 0. The summed E-state index contributed by atoms with van der Waals surface area (Å²) in [4.78, 5) is 14.2. The molecule has 12 nitrogen and oxygen atoms in total. The van der Waals surface area contributed by atoms with Crippen LogP contribution in [-0.2, 0) is 0 Å². The van der Waals surface area contributed by atoms with Crippen molar-refractivity contribution in [2.45, 2.75) is 210 Å². The molecule has 2 aliphatic heterocycles. The van der Waals surface area contributed by atoms with Gasteiger partial charge in [-0.2, -0.15) is 266 Å². The quantitative estimate of drug-likeness (QED) is 0.0589. The topological polar surface area (TPSA) is 121 Å². The number of halogens is 64. The summed E-state index contributed by atoms with van der Waals surface area (Å²) in [5, 5.41) is 0. The van der Waals surface area contributed by atoms with E-state index in [2.05, 4.69) is 48.9 Å². The van der Waals surface area contributed by atoms with Crippen molar-refractivity contribution in [3.63, 3.8) is 0 Å². The van der Waals surface area contributed by atoms with Gasteiger partial charge < -0.3 is 28.7 Å². The van der Waals surface area contributed by atoms with Crippen molar-refractivity contribution in [1.82, 2.24) is 29.9 Å². The van der Waals surface area contributed by atoms with E-state index in [0.717, 1.165) is 0 Å². The smallest absolute Gasteiger partial charge is 0.385 e. The van der Waals surface area contributed by atoms with Crippen LogP contribution in [0.15, 0.2) is 0 Å². The lowest BCUT2D eigenvalue weighted by Crippen LogP contribution is -2.74. The number of rotatable bonds is 42. The summed E-state index contributed by atoms with van der Waals surface area (Å²) in [6.07, 6.45) is -27.9. The van der Waals surface area contributed by atoms with Crippen LogP contribution in [-0.4, -0.2) is 274 Å². The molecule has 2 aromatic heterocycles. The molecule has 0 aliphatic carbocycles. The Labute approximate surface area is 638 Å². The van der Waals surface area contributed by atoms with E-state index in [1.54, 1.807) is 0 Å². The van der Waals surface area contributed by atoms with Crippen LogP contribution in [0, 0.1) is 5.92 Å². The van der Waals surface area contributed by atoms with Crippen LogP contribution in [0.1, 0.15) is 12.8 Å². The van der Waals surface area contributed by atoms with Gasteiger partial charge in [0.25, 0.3) is 0 Å². The second-order valence-corrected chi connectivity index (χ2v) is 25.1. The Morgan fingerprint density at radius 2 is 0.408 bits per heavy atom. The van der Waals surface area contributed by atoms with Gasteiger partial charge in [-0.1, -0.05) is 0 Å². The Kier molecular flexibility index (Phi) is 27.7. The van der Waals surface area contributed by atoms with Crippen LogP contribution in [0.4, 0.5) is 293 Å². The van der Waals surface area contributed by atoms with Gasteiger partial charge in [0, 0.05) is 19.6 Å². The Morgan fingerprint density at radius 1 is 0.232 bits per heavy atom. The van der Waals surface area contributed by atoms with Crippen molar-refractivity contribution >= 4 is 11.9 Å². The maximum Gasteiger partial charge on any atom is 0.385 e. The van der Waals surface area contributed by atoms with E-state index in [1.165, 1.54) is 0 Å². The normalized spacial score (nSPS) is 18.3. The molecule has 4 rings (SSSR count). The number of fused-ring (bicyclic) bond motifs is 1. The summed E-state index contributed by atoms with van der Waals surface area (Å²) in [6, 6.07) is -14.9. The van der Waals surface area contributed by atoms with Gasteiger partial charge in [0.1, 0.15) is 0 Å². The highest BCUT2D eigenvalue weighted by Crippen LogP contribution is 2.69. The number of hydrogen-bond donors (Lipinski definition) is 0. The van der Waals surface area contributed by atoms with E-state index < -0.39 is 298 Å². The molecule has 2 unspecified atom stereocenters. The molecule has 2 aromatic rings. The van der Waals surface area contributed by atoms with Gasteiger partial charge in [0.2, 0.25) is 11.9 Å². The van der Waals surface area contributed by atoms with Gasteiger partial charge in [-0.15, -0.1) is 9.97 Å². The molecule has 2 saturated heterocycles. The summed E-state index contributed by atoms with van der Waals surface area (Å²) in [5.41, 5.74) is 0. The highest BCUT2D eigenvalue weighted by molar-refractivity contribution is 5.43. The molecular weight excluding hydrogens is 1980 g/mol. The van der Waals surface area contributed by atoms with Crippen LogP contribution < -0.4 is 28.7 Å². The Bertz CT molecular complexity index is 3860. The highest BCUT2D eigenvalue weighted by atomic mass is 19.4. The Morgan fingerprint density at radius 3 is 0.600 bits per heavy atom. The lowest BCUT2D eigenvalue weighted by Gasteiger charge is -2.42. The summed E-state index contributed by atoms with van der Waals surface area (Å²) in [7, 11) is 0. The minimum absolute atomic E-state index is 0.206. The SMILES string of the molecule is FC(F)C(F)(F)C(F)(F)C(F)(F)C(F)(F)C(F)(F)C(F)(F)C(F)(F)COc1nc(OCC(F)(F)C(F)(F)C(F)(F)C(F)(F)C(F)(F)C(F)(F)C(F)(F)C(F)F)nc(N2CC3CCCN(c4nc(OCC(F)(F)C(F)(F)C(F)(F)C(F)(F)C(F)(F)C(F)(F)C(F)(F)C(F)F)nc(OCC(F)(F)C(F)(F)C(F)(F)C(F)(F)C(F)(F)C(F)(F)C(F)(F)C(F)F)n4)C3C2)n1. The first-order valence-corrected chi connectivity index (χ1v) is 29.8. The summed E-state index contributed by atoms with van der Waals surface area (Å²) in [6.45, 7) is -22.8. The van der Waals surface area contributed by atoms with E-state index in [0.29, 0.717) is 0 Å². The number of piperidine rings is 1. The predicted molar refractivity (Wildman–Crippen MR) is 260 cm³/mol. The number of nitrogens with zero attached hydrogens (tertiary/aromatic N) is 8. The fourth-order valence-electron chi connectivity index (χ4n) is 9.43. The van der Waals surface area contributed by atoms with Crippen LogP contribution >= 0.6 is 0 Å². The van der Waals surface area contributed by atoms with Gasteiger partial charge in [-0.05, 0) is 18.8 Å². The van der Waals surface area contributed by atoms with Gasteiger partial charge in [-0.3, -0.25) is 0 Å². The minimum Gasteiger partial charge on any atom is -0.457 e.